The predicted octanol–water partition coefficient (Wildman–Crippen LogP) is 1.95. The number of halogens is 2. The quantitative estimate of drug-likeness (QED) is 0.383. The molecule has 140 valence electrons. The van der Waals surface area contributed by atoms with Gasteiger partial charge in [-0.1, -0.05) is 41.4 Å². The van der Waals surface area contributed by atoms with Crippen molar-refractivity contribution in [2.45, 2.75) is 0 Å². The number of primary amides is 1. The first-order valence-corrected chi connectivity index (χ1v) is 8.22. The maximum Gasteiger partial charge on any atom is 0.329 e. The van der Waals surface area contributed by atoms with Crippen LogP contribution in [0.1, 0.15) is 5.56 Å². The molecule has 0 aliphatic heterocycles. The average Bonchev–Trinajstić information content (AvgIpc) is 2.64. The van der Waals surface area contributed by atoms with Crippen LogP contribution in [0.2, 0.25) is 10.0 Å². The highest BCUT2D eigenvalue weighted by molar-refractivity contribution is 6.45. The summed E-state index contributed by atoms with van der Waals surface area (Å²) in [5, 5.41) is 6.38. The van der Waals surface area contributed by atoms with Crippen LogP contribution in [0, 0.1) is 0 Å². The van der Waals surface area contributed by atoms with Gasteiger partial charge < -0.3 is 15.8 Å². The molecule has 0 spiro atoms. The molecule has 2 aromatic rings. The second kappa shape index (κ2) is 9.56. The summed E-state index contributed by atoms with van der Waals surface area (Å²) in [5.74, 6) is -2.16. The van der Waals surface area contributed by atoms with Gasteiger partial charge in [-0.2, -0.15) is 5.10 Å². The van der Waals surface area contributed by atoms with Gasteiger partial charge in [-0.15, -0.1) is 0 Å². The Hall–Kier alpha value is -3.10. The molecular formula is C17H14Cl2N4O4. The molecule has 0 unspecified atom stereocenters. The highest BCUT2D eigenvalue weighted by Gasteiger charge is 2.15. The van der Waals surface area contributed by atoms with E-state index in [9.17, 15) is 14.4 Å². The van der Waals surface area contributed by atoms with E-state index in [1.165, 1.54) is 12.3 Å². The van der Waals surface area contributed by atoms with E-state index < -0.39 is 17.7 Å². The number of carbonyl (C=O) groups excluding carboxylic acids is 3. The normalized spacial score (nSPS) is 10.4. The maximum atomic E-state index is 11.9. The van der Waals surface area contributed by atoms with Gasteiger partial charge in [0, 0.05) is 0 Å². The molecule has 0 saturated carbocycles. The number of rotatable bonds is 6. The number of ether oxygens (including phenoxy) is 1. The molecule has 2 rings (SSSR count). The van der Waals surface area contributed by atoms with E-state index >= 15 is 0 Å². The number of hydrogen-bond acceptors (Lipinski definition) is 5. The van der Waals surface area contributed by atoms with Crippen LogP contribution in [0.5, 0.6) is 5.75 Å². The molecule has 2 aromatic carbocycles. The highest BCUT2D eigenvalue weighted by Crippen LogP contribution is 2.29. The van der Waals surface area contributed by atoms with Gasteiger partial charge in [0.25, 0.3) is 5.91 Å². The van der Waals surface area contributed by atoms with Crippen molar-refractivity contribution in [3.05, 3.63) is 58.1 Å². The first-order chi connectivity index (χ1) is 12.9. The minimum Gasteiger partial charge on any atom is -0.484 e. The molecule has 0 bridgehead atoms. The van der Waals surface area contributed by atoms with Crippen LogP contribution < -0.4 is 21.2 Å². The molecule has 0 radical (unpaired) electrons. The number of hydrogen-bond donors (Lipinski definition) is 3. The fourth-order valence-corrected chi connectivity index (χ4v) is 2.18. The van der Waals surface area contributed by atoms with Crippen molar-refractivity contribution in [1.82, 2.24) is 5.43 Å². The van der Waals surface area contributed by atoms with Crippen LogP contribution in [0.25, 0.3) is 0 Å². The van der Waals surface area contributed by atoms with E-state index in [4.69, 9.17) is 33.7 Å². The fourth-order valence-electron chi connectivity index (χ4n) is 1.83. The third kappa shape index (κ3) is 6.28. The summed E-state index contributed by atoms with van der Waals surface area (Å²) < 4.78 is 5.15. The highest BCUT2D eigenvalue weighted by atomic mass is 35.5. The van der Waals surface area contributed by atoms with Gasteiger partial charge in [0.15, 0.2) is 6.61 Å². The standard InChI is InChI=1S/C17H14Cl2N4O4/c18-12-5-2-6-13(15(12)19)22-16(25)17(26)23-21-8-10-3-1-4-11(7-10)27-9-14(20)24/h1-8H,9H2,(H2,20,24)(H,22,25)(H,23,26). The van der Waals surface area contributed by atoms with E-state index in [-0.39, 0.29) is 22.3 Å². The zero-order valence-electron chi connectivity index (χ0n) is 13.7. The van der Waals surface area contributed by atoms with Gasteiger partial charge in [0.1, 0.15) is 5.75 Å². The minimum atomic E-state index is -0.997. The number of hydrazone groups is 1. The van der Waals surface area contributed by atoms with E-state index in [0.29, 0.717) is 11.3 Å². The molecule has 3 amide bonds. The summed E-state index contributed by atoms with van der Waals surface area (Å²) in [7, 11) is 0. The Morgan fingerprint density at radius 1 is 1.11 bits per heavy atom. The SMILES string of the molecule is NC(=O)COc1cccc(C=NNC(=O)C(=O)Nc2cccc(Cl)c2Cl)c1. The van der Waals surface area contributed by atoms with Crippen molar-refractivity contribution in [3.63, 3.8) is 0 Å². The fraction of sp³-hybridized carbons (Fsp3) is 0.0588. The molecule has 0 heterocycles. The van der Waals surface area contributed by atoms with E-state index in [0.717, 1.165) is 0 Å². The van der Waals surface area contributed by atoms with Crippen molar-refractivity contribution in [2.75, 3.05) is 11.9 Å². The van der Waals surface area contributed by atoms with Crippen molar-refractivity contribution in [1.29, 1.82) is 0 Å². The molecular weight excluding hydrogens is 395 g/mol. The number of anilines is 1. The van der Waals surface area contributed by atoms with Crippen molar-refractivity contribution in [3.8, 4) is 5.75 Å². The van der Waals surface area contributed by atoms with Crippen LogP contribution in [-0.4, -0.2) is 30.5 Å². The zero-order valence-corrected chi connectivity index (χ0v) is 15.3. The molecule has 4 N–H and O–H groups in total. The van der Waals surface area contributed by atoms with Crippen molar-refractivity contribution >= 4 is 52.8 Å². The van der Waals surface area contributed by atoms with Gasteiger partial charge in [-0.05, 0) is 29.8 Å². The number of nitrogens with zero attached hydrogens (tertiary/aromatic N) is 1. The number of nitrogens with one attached hydrogen (secondary N) is 2. The Morgan fingerprint density at radius 3 is 2.59 bits per heavy atom. The average molecular weight is 409 g/mol. The molecule has 0 aliphatic rings. The molecule has 0 aromatic heterocycles. The van der Waals surface area contributed by atoms with E-state index in [2.05, 4.69) is 15.8 Å². The summed E-state index contributed by atoms with van der Waals surface area (Å²) in [6.07, 6.45) is 1.30. The van der Waals surface area contributed by atoms with Gasteiger partial charge in [-0.25, -0.2) is 5.43 Å². The molecule has 0 atom stereocenters. The summed E-state index contributed by atoms with van der Waals surface area (Å²) in [4.78, 5) is 34.4. The van der Waals surface area contributed by atoms with Gasteiger partial charge in [-0.3, -0.25) is 14.4 Å². The smallest absolute Gasteiger partial charge is 0.329 e. The Balaban J connectivity index is 1.92. The number of benzene rings is 2. The Morgan fingerprint density at radius 2 is 1.85 bits per heavy atom. The predicted molar refractivity (Wildman–Crippen MR) is 102 cm³/mol. The van der Waals surface area contributed by atoms with Crippen LogP contribution in [-0.2, 0) is 14.4 Å². The maximum absolute atomic E-state index is 11.9. The van der Waals surface area contributed by atoms with Crippen molar-refractivity contribution in [2.24, 2.45) is 10.8 Å². The minimum absolute atomic E-state index is 0.122. The third-order valence-corrected chi connectivity index (χ3v) is 3.84. The largest absolute Gasteiger partial charge is 0.484 e. The van der Waals surface area contributed by atoms with Crippen LogP contribution in [0.3, 0.4) is 0 Å². The lowest BCUT2D eigenvalue weighted by Crippen LogP contribution is -2.32. The lowest BCUT2D eigenvalue weighted by atomic mass is 10.2. The van der Waals surface area contributed by atoms with E-state index in [1.54, 1.807) is 36.4 Å². The summed E-state index contributed by atoms with van der Waals surface area (Å²) in [5.41, 5.74) is 7.85. The van der Waals surface area contributed by atoms with Gasteiger partial charge >= 0.3 is 11.8 Å². The number of amides is 3. The topological polar surface area (TPSA) is 123 Å². The summed E-state index contributed by atoms with van der Waals surface area (Å²) in [6, 6.07) is 11.2. The van der Waals surface area contributed by atoms with Crippen molar-refractivity contribution < 1.29 is 19.1 Å². The summed E-state index contributed by atoms with van der Waals surface area (Å²) in [6.45, 7) is -0.260. The second-order valence-electron chi connectivity index (χ2n) is 5.08. The zero-order chi connectivity index (χ0) is 19.8. The Kier molecular flexibility index (Phi) is 7.16. The van der Waals surface area contributed by atoms with E-state index in [1.807, 2.05) is 0 Å². The molecule has 0 saturated heterocycles. The third-order valence-electron chi connectivity index (χ3n) is 3.02. The Labute approximate surface area is 164 Å². The number of nitrogens with two attached hydrogens (primary N) is 1. The molecule has 27 heavy (non-hydrogen) atoms. The lowest BCUT2D eigenvalue weighted by Gasteiger charge is -2.07. The first-order valence-electron chi connectivity index (χ1n) is 7.46. The second-order valence-corrected chi connectivity index (χ2v) is 5.87. The van der Waals surface area contributed by atoms with Gasteiger partial charge in [0.05, 0.1) is 21.9 Å². The van der Waals surface area contributed by atoms with Gasteiger partial charge in [0.2, 0.25) is 0 Å². The lowest BCUT2D eigenvalue weighted by molar-refractivity contribution is -0.136. The molecule has 0 aliphatic carbocycles. The Bertz CT molecular complexity index is 902. The first kappa shape index (κ1) is 20.2. The summed E-state index contributed by atoms with van der Waals surface area (Å²) >= 11 is 11.8. The molecule has 10 heteroatoms. The molecule has 8 nitrogen and oxygen atoms in total. The monoisotopic (exact) mass is 408 g/mol. The number of carbonyl (C=O) groups is 3. The van der Waals surface area contributed by atoms with Crippen LogP contribution in [0.15, 0.2) is 47.6 Å². The van der Waals surface area contributed by atoms with Crippen LogP contribution >= 0.6 is 23.2 Å². The van der Waals surface area contributed by atoms with Crippen LogP contribution in [0.4, 0.5) is 5.69 Å². The molecule has 0 fully saturated rings.